The van der Waals surface area contributed by atoms with Crippen molar-refractivity contribution < 1.29 is 18.7 Å². The van der Waals surface area contributed by atoms with E-state index in [1.807, 2.05) is 30.3 Å². The minimum absolute atomic E-state index is 0.0397. The van der Waals surface area contributed by atoms with Crippen LogP contribution in [0.5, 0.6) is 0 Å². The number of benzene rings is 1. The highest BCUT2D eigenvalue weighted by Gasteiger charge is 2.19. The van der Waals surface area contributed by atoms with Gasteiger partial charge in [-0.05, 0) is 24.2 Å². The molecule has 142 valence electrons. The normalized spacial score (nSPS) is 12.4. The number of alkyl halides is 2. The van der Waals surface area contributed by atoms with E-state index in [9.17, 15) is 18.7 Å². The second kappa shape index (κ2) is 14.1. The van der Waals surface area contributed by atoms with Crippen molar-refractivity contribution in [3.63, 3.8) is 0 Å². The van der Waals surface area contributed by atoms with Gasteiger partial charge in [-0.25, -0.2) is 8.78 Å². The molecule has 0 spiro atoms. The summed E-state index contributed by atoms with van der Waals surface area (Å²) in [6.07, 6.45) is 7.31. The molecule has 2 nitrogen and oxygen atoms in total. The third-order valence-electron chi connectivity index (χ3n) is 4.18. The predicted octanol–water partition coefficient (Wildman–Crippen LogP) is 6.71. The van der Waals surface area contributed by atoms with Gasteiger partial charge in [0.25, 0.3) is 0 Å². The lowest BCUT2D eigenvalue weighted by molar-refractivity contribution is -0.136. The number of carbonyl (C=O) groups is 1. The van der Waals surface area contributed by atoms with E-state index in [0.717, 1.165) is 43.4 Å². The van der Waals surface area contributed by atoms with Crippen LogP contribution in [-0.4, -0.2) is 23.3 Å². The van der Waals surface area contributed by atoms with Crippen LogP contribution in [0.2, 0.25) is 0 Å². The van der Waals surface area contributed by atoms with Crippen LogP contribution in [0.25, 0.3) is 0 Å². The maximum Gasteiger partial charge on any atom is 0.321 e. The molecule has 0 fully saturated rings. The van der Waals surface area contributed by atoms with Gasteiger partial charge in [0.1, 0.15) is 5.25 Å². The monoisotopic (exact) mass is 372 g/mol. The van der Waals surface area contributed by atoms with Crippen LogP contribution < -0.4 is 0 Å². The fourth-order valence-electron chi connectivity index (χ4n) is 2.78. The summed E-state index contributed by atoms with van der Waals surface area (Å²) in [4.78, 5) is 11.4. The molecule has 1 N–H and O–H groups in total. The first-order valence-corrected chi connectivity index (χ1v) is 10.3. The Hall–Kier alpha value is -1.10. The Labute approximate surface area is 154 Å². The first-order valence-electron chi connectivity index (χ1n) is 9.28. The Morgan fingerprint density at radius 2 is 1.40 bits per heavy atom. The van der Waals surface area contributed by atoms with Crippen molar-refractivity contribution in [1.29, 1.82) is 0 Å². The Bertz CT molecular complexity index is 454. The zero-order valence-electron chi connectivity index (χ0n) is 14.8. The molecule has 1 rings (SSSR count). The van der Waals surface area contributed by atoms with Crippen LogP contribution in [-0.2, 0) is 4.79 Å². The summed E-state index contributed by atoms with van der Waals surface area (Å²) >= 11 is 1.50. The molecule has 5 heteroatoms. The lowest BCUT2D eigenvalue weighted by Gasteiger charge is -2.12. The highest BCUT2D eigenvalue weighted by atomic mass is 32.2. The molecule has 0 bridgehead atoms. The van der Waals surface area contributed by atoms with Gasteiger partial charge in [0.2, 0.25) is 6.43 Å². The molecule has 0 amide bonds. The van der Waals surface area contributed by atoms with Gasteiger partial charge in [0.15, 0.2) is 0 Å². The minimum atomic E-state index is -2.15. The molecule has 0 aliphatic rings. The number of halogens is 2. The molecule has 1 aromatic rings. The third kappa shape index (κ3) is 11.2. The number of carboxylic acids is 1. The maximum atomic E-state index is 12.0. The Morgan fingerprint density at radius 1 is 0.880 bits per heavy atom. The number of carboxylic acid groups (broad SMARTS) is 1. The molecule has 0 saturated carbocycles. The molecule has 0 heterocycles. The summed E-state index contributed by atoms with van der Waals surface area (Å²) in [7, 11) is 0. The maximum absolute atomic E-state index is 12.0. The van der Waals surface area contributed by atoms with Crippen molar-refractivity contribution in [1.82, 2.24) is 0 Å². The highest BCUT2D eigenvalue weighted by molar-refractivity contribution is 8.00. The molecule has 1 atom stereocenters. The number of aliphatic carboxylic acids is 1. The van der Waals surface area contributed by atoms with E-state index in [1.54, 1.807) is 0 Å². The smallest absolute Gasteiger partial charge is 0.321 e. The third-order valence-corrected chi connectivity index (χ3v) is 5.51. The van der Waals surface area contributed by atoms with Crippen molar-refractivity contribution in [3.8, 4) is 0 Å². The first kappa shape index (κ1) is 21.9. The number of hydrogen-bond acceptors (Lipinski definition) is 2. The Morgan fingerprint density at radius 3 is 1.92 bits per heavy atom. The van der Waals surface area contributed by atoms with E-state index in [0.29, 0.717) is 6.42 Å². The summed E-state index contributed by atoms with van der Waals surface area (Å²) < 4.78 is 23.9. The molecule has 1 unspecified atom stereocenters. The molecular weight excluding hydrogens is 342 g/mol. The quantitative estimate of drug-likeness (QED) is 0.348. The molecule has 0 aliphatic carbocycles. The lowest BCUT2D eigenvalue weighted by Crippen LogP contribution is -2.08. The van der Waals surface area contributed by atoms with Gasteiger partial charge < -0.3 is 5.11 Å². The number of unbranched alkanes of at least 4 members (excludes halogenated alkanes) is 8. The summed E-state index contributed by atoms with van der Waals surface area (Å²) in [5, 5.41) is 8.88. The van der Waals surface area contributed by atoms with Crippen molar-refractivity contribution in [3.05, 3.63) is 35.9 Å². The van der Waals surface area contributed by atoms with Crippen molar-refractivity contribution in [2.24, 2.45) is 0 Å². The summed E-state index contributed by atoms with van der Waals surface area (Å²) in [6, 6.07) is 9.38. The number of rotatable bonds is 15. The van der Waals surface area contributed by atoms with Crippen LogP contribution in [0.1, 0.15) is 75.0 Å². The fourth-order valence-corrected chi connectivity index (χ4v) is 3.88. The van der Waals surface area contributed by atoms with Crippen LogP contribution in [0, 0.1) is 0 Å². The number of thioether (sulfide) groups is 1. The highest BCUT2D eigenvalue weighted by Crippen LogP contribution is 2.30. The standard InChI is InChI=1S/C20H30F2O2S/c21-18(22)15-11-6-4-2-1-3-5-7-12-16-25-19(20(23)24)17-13-9-8-10-14-17/h8-10,13-14,18-19H,1-7,11-12,15-16H2,(H,23,24). The minimum Gasteiger partial charge on any atom is -0.480 e. The van der Waals surface area contributed by atoms with Crippen LogP contribution in [0.3, 0.4) is 0 Å². The van der Waals surface area contributed by atoms with Gasteiger partial charge in [-0.3, -0.25) is 4.79 Å². The van der Waals surface area contributed by atoms with Gasteiger partial charge in [-0.15, -0.1) is 11.8 Å². The average molecular weight is 373 g/mol. The fraction of sp³-hybridized carbons (Fsp3) is 0.650. The van der Waals surface area contributed by atoms with Crippen LogP contribution in [0.4, 0.5) is 8.78 Å². The molecule has 25 heavy (non-hydrogen) atoms. The lowest BCUT2D eigenvalue weighted by atomic mass is 10.1. The topological polar surface area (TPSA) is 37.3 Å². The van der Waals surface area contributed by atoms with Gasteiger partial charge in [-0.1, -0.05) is 75.3 Å². The zero-order valence-corrected chi connectivity index (χ0v) is 15.7. The largest absolute Gasteiger partial charge is 0.480 e. The second-order valence-corrected chi connectivity index (χ2v) is 7.57. The second-order valence-electron chi connectivity index (χ2n) is 6.36. The zero-order chi connectivity index (χ0) is 18.3. The van der Waals surface area contributed by atoms with E-state index in [2.05, 4.69) is 0 Å². The van der Waals surface area contributed by atoms with Crippen LogP contribution in [0.15, 0.2) is 30.3 Å². The van der Waals surface area contributed by atoms with E-state index >= 15 is 0 Å². The van der Waals surface area contributed by atoms with Crippen molar-refractivity contribution >= 4 is 17.7 Å². The average Bonchev–Trinajstić information content (AvgIpc) is 2.59. The summed E-state index contributed by atoms with van der Waals surface area (Å²) in [5.74, 6) is 0.0856. The van der Waals surface area contributed by atoms with Crippen molar-refractivity contribution in [2.45, 2.75) is 75.9 Å². The van der Waals surface area contributed by atoms with Gasteiger partial charge >= 0.3 is 5.97 Å². The van der Waals surface area contributed by atoms with Gasteiger partial charge in [0, 0.05) is 6.42 Å². The molecule has 0 aliphatic heterocycles. The van der Waals surface area contributed by atoms with E-state index in [1.165, 1.54) is 31.0 Å². The van der Waals surface area contributed by atoms with E-state index < -0.39 is 17.6 Å². The first-order chi connectivity index (χ1) is 12.1. The molecule has 0 saturated heterocycles. The molecule has 0 aromatic heterocycles. The molecule has 1 aromatic carbocycles. The SMILES string of the molecule is O=C(O)C(SCCCCCCCCCCCC(F)F)c1ccccc1. The van der Waals surface area contributed by atoms with E-state index in [4.69, 9.17) is 0 Å². The molecule has 0 radical (unpaired) electrons. The van der Waals surface area contributed by atoms with Gasteiger partial charge in [-0.2, -0.15) is 0 Å². The predicted molar refractivity (Wildman–Crippen MR) is 101 cm³/mol. The van der Waals surface area contributed by atoms with Crippen LogP contribution >= 0.6 is 11.8 Å². The van der Waals surface area contributed by atoms with Crippen molar-refractivity contribution in [2.75, 3.05) is 5.75 Å². The Kier molecular flexibility index (Phi) is 12.4. The van der Waals surface area contributed by atoms with Gasteiger partial charge in [0.05, 0.1) is 0 Å². The Balaban J connectivity index is 1.98. The molecular formula is C20H30F2O2S. The number of hydrogen-bond donors (Lipinski definition) is 1. The summed E-state index contributed by atoms with van der Waals surface area (Å²) in [6.45, 7) is 0. The van der Waals surface area contributed by atoms with E-state index in [-0.39, 0.29) is 6.42 Å². The summed E-state index contributed by atoms with van der Waals surface area (Å²) in [5.41, 5.74) is 0.854.